The second kappa shape index (κ2) is 5.28. The van der Waals surface area contributed by atoms with Crippen molar-refractivity contribution in [3.8, 4) is 0 Å². The Kier molecular flexibility index (Phi) is 4.02. The monoisotopic (exact) mass is 238 g/mol. The van der Waals surface area contributed by atoms with E-state index >= 15 is 0 Å². The van der Waals surface area contributed by atoms with E-state index < -0.39 is 17.7 Å². The van der Waals surface area contributed by atoms with E-state index in [1.807, 2.05) is 5.43 Å². The molecule has 92 valence electrons. The molecule has 1 rings (SSSR count). The van der Waals surface area contributed by atoms with Gasteiger partial charge in [-0.05, 0) is 19.1 Å². The number of urea groups is 1. The first-order chi connectivity index (χ1) is 7.92. The molecule has 17 heavy (non-hydrogen) atoms. The van der Waals surface area contributed by atoms with Gasteiger partial charge in [0.25, 0.3) is 5.91 Å². The molecule has 0 fully saturated rings. The Bertz CT molecular complexity index is 405. The molecule has 1 aromatic carbocycles. The van der Waals surface area contributed by atoms with Gasteiger partial charge in [-0.15, -0.1) is 0 Å². The number of hydrazine groups is 1. The zero-order valence-electron chi connectivity index (χ0n) is 9.23. The Balaban J connectivity index is 2.60. The van der Waals surface area contributed by atoms with Crippen molar-refractivity contribution >= 4 is 17.6 Å². The highest BCUT2D eigenvalue weighted by Gasteiger charge is 2.30. The van der Waals surface area contributed by atoms with E-state index in [0.717, 1.165) is 0 Å². The van der Waals surface area contributed by atoms with Crippen molar-refractivity contribution in [2.75, 3.05) is 5.32 Å². The molecule has 6 N–H and O–H groups in total. The number of carbonyl (C=O) groups excluding carboxylic acids is 2. The number of rotatable bonds is 4. The minimum absolute atomic E-state index is 0.527. The highest BCUT2D eigenvalue weighted by molar-refractivity contribution is 5.96. The molecule has 1 unspecified atom stereocenters. The van der Waals surface area contributed by atoms with Crippen LogP contribution in [0, 0.1) is 0 Å². The highest BCUT2D eigenvalue weighted by Crippen LogP contribution is 2.08. The van der Waals surface area contributed by atoms with E-state index in [1.165, 1.54) is 6.92 Å². The predicted octanol–water partition coefficient (Wildman–Crippen LogP) is -0.493. The van der Waals surface area contributed by atoms with E-state index in [2.05, 4.69) is 10.7 Å². The number of primary amides is 1. The molecule has 0 saturated heterocycles. The minimum Gasteiger partial charge on any atom is -0.366 e. The zero-order chi connectivity index (χ0) is 12.9. The molecule has 7 nitrogen and oxygen atoms in total. The van der Waals surface area contributed by atoms with E-state index in [0.29, 0.717) is 5.69 Å². The summed E-state index contributed by atoms with van der Waals surface area (Å²) in [5.74, 6) is -0.725. The topological polar surface area (TPSA) is 116 Å². The number of para-hydroxylation sites is 1. The summed E-state index contributed by atoms with van der Waals surface area (Å²) in [7, 11) is 0. The van der Waals surface area contributed by atoms with Crippen molar-refractivity contribution in [1.29, 1.82) is 0 Å². The maximum absolute atomic E-state index is 11.6. The quantitative estimate of drug-likeness (QED) is 0.359. The number of anilines is 1. The van der Waals surface area contributed by atoms with Crippen LogP contribution in [0.4, 0.5) is 10.5 Å². The lowest BCUT2D eigenvalue weighted by Crippen LogP contribution is -2.59. The molecule has 0 heterocycles. The first-order valence-corrected chi connectivity index (χ1v) is 4.83. The zero-order valence-corrected chi connectivity index (χ0v) is 9.23. The fourth-order valence-electron chi connectivity index (χ4n) is 1.01. The lowest BCUT2D eigenvalue weighted by Gasteiger charge is -2.23. The van der Waals surface area contributed by atoms with Gasteiger partial charge in [0.15, 0.2) is 0 Å². The molecule has 7 heteroatoms. The Morgan fingerprint density at radius 1 is 1.29 bits per heavy atom. The second-order valence-corrected chi connectivity index (χ2v) is 3.51. The summed E-state index contributed by atoms with van der Waals surface area (Å²) in [6.45, 7) is 1.18. The number of amides is 3. The van der Waals surface area contributed by atoms with Crippen LogP contribution in [0.5, 0.6) is 0 Å². The highest BCUT2D eigenvalue weighted by atomic mass is 16.3. The summed E-state index contributed by atoms with van der Waals surface area (Å²) in [6.07, 6.45) is 0. The average Bonchev–Trinajstić information content (AvgIpc) is 2.28. The molecule has 0 bridgehead atoms. The standard InChI is InChI=1S/C10H14N4O3/c1-10(17,14-13-9(11)16)8(15)12-7-5-3-2-4-6-7/h2-6,14,17H,1H3,(H,12,15)(H3,11,13,16). The van der Waals surface area contributed by atoms with Crippen LogP contribution in [-0.4, -0.2) is 22.8 Å². The van der Waals surface area contributed by atoms with Gasteiger partial charge in [-0.2, -0.15) is 5.43 Å². The third-order valence-corrected chi connectivity index (χ3v) is 1.90. The molecule has 1 aromatic rings. The molecule has 0 aliphatic carbocycles. The van der Waals surface area contributed by atoms with Gasteiger partial charge in [-0.1, -0.05) is 18.2 Å². The molecular formula is C10H14N4O3. The Morgan fingerprint density at radius 3 is 2.41 bits per heavy atom. The summed E-state index contributed by atoms with van der Waals surface area (Å²) in [5.41, 5.74) is 7.38. The minimum atomic E-state index is -1.97. The fourth-order valence-corrected chi connectivity index (χ4v) is 1.01. The summed E-state index contributed by atoms with van der Waals surface area (Å²) in [6, 6.07) is 7.68. The Labute approximate surface area is 98.0 Å². The molecule has 0 saturated carbocycles. The van der Waals surface area contributed by atoms with Gasteiger partial charge >= 0.3 is 6.03 Å². The van der Waals surface area contributed by atoms with Gasteiger partial charge in [-0.3, -0.25) is 10.2 Å². The summed E-state index contributed by atoms with van der Waals surface area (Å²) in [5, 5.41) is 12.2. The first kappa shape index (κ1) is 12.9. The molecule has 0 aliphatic heterocycles. The number of hydrogen-bond acceptors (Lipinski definition) is 4. The Morgan fingerprint density at radius 2 is 1.88 bits per heavy atom. The number of nitrogens with one attached hydrogen (secondary N) is 3. The van der Waals surface area contributed by atoms with Crippen LogP contribution in [0.2, 0.25) is 0 Å². The van der Waals surface area contributed by atoms with Gasteiger partial charge < -0.3 is 16.2 Å². The molecule has 1 atom stereocenters. The van der Waals surface area contributed by atoms with Gasteiger partial charge in [-0.25, -0.2) is 4.79 Å². The molecule has 0 aliphatic rings. The van der Waals surface area contributed by atoms with E-state index in [-0.39, 0.29) is 0 Å². The van der Waals surface area contributed by atoms with Crippen LogP contribution in [0.1, 0.15) is 6.92 Å². The summed E-state index contributed by atoms with van der Waals surface area (Å²) in [4.78, 5) is 22.1. The van der Waals surface area contributed by atoms with Crippen molar-refractivity contribution in [3.63, 3.8) is 0 Å². The second-order valence-electron chi connectivity index (χ2n) is 3.51. The molecule has 0 spiro atoms. The van der Waals surface area contributed by atoms with E-state index in [4.69, 9.17) is 5.73 Å². The van der Waals surface area contributed by atoms with Gasteiger partial charge in [0.2, 0.25) is 5.72 Å². The van der Waals surface area contributed by atoms with Crippen LogP contribution in [-0.2, 0) is 4.79 Å². The van der Waals surface area contributed by atoms with E-state index in [1.54, 1.807) is 30.3 Å². The third kappa shape index (κ3) is 4.09. The van der Waals surface area contributed by atoms with Crippen molar-refractivity contribution in [3.05, 3.63) is 30.3 Å². The maximum atomic E-state index is 11.6. The first-order valence-electron chi connectivity index (χ1n) is 4.83. The van der Waals surface area contributed by atoms with Crippen molar-refractivity contribution in [1.82, 2.24) is 10.9 Å². The van der Waals surface area contributed by atoms with Crippen molar-refractivity contribution < 1.29 is 14.7 Å². The van der Waals surface area contributed by atoms with Crippen molar-refractivity contribution in [2.45, 2.75) is 12.6 Å². The molecule has 3 amide bonds. The number of aliphatic hydroxyl groups is 1. The van der Waals surface area contributed by atoms with Crippen LogP contribution in [0.25, 0.3) is 0 Å². The third-order valence-electron chi connectivity index (χ3n) is 1.90. The maximum Gasteiger partial charge on any atom is 0.326 e. The Hall–Kier alpha value is -2.12. The van der Waals surface area contributed by atoms with Crippen molar-refractivity contribution in [2.24, 2.45) is 5.73 Å². The molecule has 0 aromatic heterocycles. The number of carbonyl (C=O) groups is 2. The van der Waals surface area contributed by atoms with Crippen LogP contribution in [0.3, 0.4) is 0 Å². The largest absolute Gasteiger partial charge is 0.366 e. The SMILES string of the molecule is CC(O)(NNC(N)=O)C(=O)Nc1ccccc1. The number of hydrogen-bond donors (Lipinski definition) is 5. The smallest absolute Gasteiger partial charge is 0.326 e. The number of nitrogens with two attached hydrogens (primary N) is 1. The molecular weight excluding hydrogens is 224 g/mol. The predicted molar refractivity (Wildman–Crippen MR) is 61.6 cm³/mol. The lowest BCUT2D eigenvalue weighted by atomic mass is 10.2. The normalized spacial score (nSPS) is 13.5. The van der Waals surface area contributed by atoms with Crippen LogP contribution < -0.4 is 21.9 Å². The summed E-state index contributed by atoms with van der Waals surface area (Å²) >= 11 is 0. The lowest BCUT2D eigenvalue weighted by molar-refractivity contribution is -0.136. The van der Waals surface area contributed by atoms with Crippen LogP contribution in [0.15, 0.2) is 30.3 Å². The fraction of sp³-hybridized carbons (Fsp3) is 0.200. The van der Waals surface area contributed by atoms with Gasteiger partial charge in [0.1, 0.15) is 0 Å². The van der Waals surface area contributed by atoms with Gasteiger partial charge in [0, 0.05) is 5.69 Å². The van der Waals surface area contributed by atoms with E-state index in [9.17, 15) is 14.7 Å². The summed E-state index contributed by atoms with van der Waals surface area (Å²) < 4.78 is 0. The number of benzene rings is 1. The molecule has 0 radical (unpaired) electrons. The van der Waals surface area contributed by atoms with Crippen LogP contribution >= 0.6 is 0 Å². The van der Waals surface area contributed by atoms with Gasteiger partial charge in [0.05, 0.1) is 0 Å². The average molecular weight is 238 g/mol.